The smallest absolute Gasteiger partial charge is 0.300 e. The van der Waals surface area contributed by atoms with Crippen LogP contribution < -0.4 is 23.8 Å². The molecule has 1 amide bonds. The quantitative estimate of drug-likeness (QED) is 0.311. The van der Waals surface area contributed by atoms with Crippen LogP contribution in [0.3, 0.4) is 0 Å². The van der Waals surface area contributed by atoms with Crippen molar-refractivity contribution in [1.82, 2.24) is 0 Å². The number of para-hydroxylation sites is 1. The van der Waals surface area contributed by atoms with Crippen molar-refractivity contribution in [1.29, 1.82) is 0 Å². The van der Waals surface area contributed by atoms with Crippen LogP contribution in [0.2, 0.25) is 0 Å². The summed E-state index contributed by atoms with van der Waals surface area (Å²) in [5.74, 6) is 0.293. The van der Waals surface area contributed by atoms with E-state index in [2.05, 4.69) is 0 Å². The number of amides is 1. The van der Waals surface area contributed by atoms with Crippen LogP contribution >= 0.6 is 0 Å². The van der Waals surface area contributed by atoms with Crippen molar-refractivity contribution in [2.24, 2.45) is 0 Å². The monoisotopic (exact) mass is 487 g/mol. The number of benzene rings is 3. The topological polar surface area (TPSA) is 94.5 Å². The van der Waals surface area contributed by atoms with E-state index < -0.39 is 17.7 Å². The van der Waals surface area contributed by atoms with Crippen LogP contribution in [0.15, 0.2) is 72.3 Å². The Morgan fingerprint density at radius 3 is 2.44 bits per heavy atom. The zero-order chi connectivity index (χ0) is 25.2. The number of aliphatic hydroxyl groups is 1. The number of aliphatic hydroxyl groups excluding tert-OH is 1. The number of methoxy groups -OCH3 is 1. The summed E-state index contributed by atoms with van der Waals surface area (Å²) in [5, 5.41) is 11.3. The maximum Gasteiger partial charge on any atom is 0.300 e. The third-order valence-electron chi connectivity index (χ3n) is 6.12. The van der Waals surface area contributed by atoms with Gasteiger partial charge in [-0.25, -0.2) is 0 Å². The molecule has 0 aromatic heterocycles. The summed E-state index contributed by atoms with van der Waals surface area (Å²) in [4.78, 5) is 28.2. The molecule has 2 aliphatic rings. The Morgan fingerprint density at radius 1 is 1.00 bits per heavy atom. The van der Waals surface area contributed by atoms with Crippen LogP contribution in [0.1, 0.15) is 24.1 Å². The first kappa shape index (κ1) is 23.3. The number of ether oxygens (including phenoxy) is 4. The van der Waals surface area contributed by atoms with Crippen molar-refractivity contribution in [3.63, 3.8) is 0 Å². The molecule has 0 bridgehead atoms. The summed E-state index contributed by atoms with van der Waals surface area (Å²) in [6.45, 7) is 3.18. The highest BCUT2D eigenvalue weighted by Crippen LogP contribution is 2.46. The predicted octanol–water partition coefficient (Wildman–Crippen LogP) is 4.49. The maximum atomic E-state index is 13.4. The molecular weight excluding hydrogens is 462 g/mol. The lowest BCUT2D eigenvalue weighted by molar-refractivity contribution is -0.132. The van der Waals surface area contributed by atoms with Crippen LogP contribution in [0, 0.1) is 0 Å². The number of ketones is 1. The average molecular weight is 488 g/mol. The molecule has 0 saturated carbocycles. The normalized spacial score (nSPS) is 18.3. The molecule has 5 rings (SSSR count). The molecule has 36 heavy (non-hydrogen) atoms. The Morgan fingerprint density at radius 2 is 1.72 bits per heavy atom. The lowest BCUT2D eigenvalue weighted by atomic mass is 9.94. The van der Waals surface area contributed by atoms with Gasteiger partial charge in [-0.3, -0.25) is 14.5 Å². The first-order chi connectivity index (χ1) is 17.5. The number of hydrogen-bond donors (Lipinski definition) is 1. The van der Waals surface area contributed by atoms with Gasteiger partial charge in [-0.15, -0.1) is 0 Å². The molecule has 8 nitrogen and oxygen atoms in total. The molecular formula is C28H25NO7. The Labute approximate surface area is 208 Å². The third-order valence-corrected chi connectivity index (χ3v) is 6.12. The van der Waals surface area contributed by atoms with Crippen molar-refractivity contribution in [3.8, 4) is 23.0 Å². The van der Waals surface area contributed by atoms with Gasteiger partial charge in [0.05, 0.1) is 25.3 Å². The fourth-order valence-electron chi connectivity index (χ4n) is 4.50. The van der Waals surface area contributed by atoms with Crippen molar-refractivity contribution in [2.75, 3.05) is 31.8 Å². The highest BCUT2D eigenvalue weighted by molar-refractivity contribution is 6.51. The molecule has 0 aliphatic carbocycles. The van der Waals surface area contributed by atoms with E-state index >= 15 is 0 Å². The minimum atomic E-state index is -0.935. The molecule has 2 aliphatic heterocycles. The van der Waals surface area contributed by atoms with Gasteiger partial charge < -0.3 is 24.1 Å². The number of fused-ring (bicyclic) bond motifs is 1. The molecule has 8 heteroatoms. The summed E-state index contributed by atoms with van der Waals surface area (Å²) >= 11 is 0. The minimum absolute atomic E-state index is 0.0384. The van der Waals surface area contributed by atoms with E-state index in [1.165, 1.54) is 12.0 Å². The summed E-state index contributed by atoms with van der Waals surface area (Å²) in [6.07, 6.45) is 0. The second kappa shape index (κ2) is 9.65. The van der Waals surface area contributed by atoms with Gasteiger partial charge in [0.2, 0.25) is 0 Å². The van der Waals surface area contributed by atoms with E-state index in [9.17, 15) is 14.7 Å². The SMILES string of the molecule is CCOc1ccc(/C(O)=C2\C(=O)C(=O)N(c3ccc4c(c3)OCCO4)C2c2ccccc2OC)cc1. The van der Waals surface area contributed by atoms with Crippen LogP contribution in [0.4, 0.5) is 5.69 Å². The van der Waals surface area contributed by atoms with Gasteiger partial charge in [0.1, 0.15) is 30.5 Å². The molecule has 0 radical (unpaired) electrons. The summed E-state index contributed by atoms with van der Waals surface area (Å²) in [7, 11) is 1.52. The number of Topliss-reactive ketones (excluding diaryl/α,β-unsaturated/α-hetero) is 1. The van der Waals surface area contributed by atoms with E-state index in [1.807, 2.05) is 6.92 Å². The Kier molecular flexibility index (Phi) is 6.25. The molecule has 0 spiro atoms. The Balaban J connectivity index is 1.68. The molecule has 1 N–H and O–H groups in total. The zero-order valence-corrected chi connectivity index (χ0v) is 19.9. The number of hydrogen-bond acceptors (Lipinski definition) is 7. The van der Waals surface area contributed by atoms with Gasteiger partial charge in [-0.05, 0) is 49.4 Å². The highest BCUT2D eigenvalue weighted by atomic mass is 16.6. The lowest BCUT2D eigenvalue weighted by Gasteiger charge is -2.28. The van der Waals surface area contributed by atoms with Gasteiger partial charge in [0.25, 0.3) is 11.7 Å². The van der Waals surface area contributed by atoms with E-state index in [1.54, 1.807) is 66.7 Å². The maximum absolute atomic E-state index is 13.4. The fraction of sp³-hybridized carbons (Fsp3) is 0.214. The second-order valence-corrected chi connectivity index (χ2v) is 8.20. The largest absolute Gasteiger partial charge is 0.507 e. The average Bonchev–Trinajstić information content (AvgIpc) is 3.18. The zero-order valence-electron chi connectivity index (χ0n) is 19.9. The van der Waals surface area contributed by atoms with Gasteiger partial charge in [0, 0.05) is 22.9 Å². The highest BCUT2D eigenvalue weighted by Gasteiger charge is 2.48. The summed E-state index contributed by atoms with van der Waals surface area (Å²) < 4.78 is 22.4. The van der Waals surface area contributed by atoms with E-state index in [4.69, 9.17) is 18.9 Å². The van der Waals surface area contributed by atoms with Crippen molar-refractivity contribution >= 4 is 23.1 Å². The van der Waals surface area contributed by atoms with Crippen molar-refractivity contribution in [3.05, 3.63) is 83.4 Å². The molecule has 184 valence electrons. The molecule has 1 fully saturated rings. The first-order valence-electron chi connectivity index (χ1n) is 11.6. The van der Waals surface area contributed by atoms with Crippen molar-refractivity contribution in [2.45, 2.75) is 13.0 Å². The number of rotatable bonds is 6. The van der Waals surface area contributed by atoms with E-state index in [0.29, 0.717) is 59.6 Å². The van der Waals surface area contributed by atoms with Gasteiger partial charge in [-0.2, -0.15) is 0 Å². The summed E-state index contributed by atoms with van der Waals surface area (Å²) in [6, 6.07) is 17.9. The van der Waals surface area contributed by atoms with Gasteiger partial charge >= 0.3 is 0 Å². The second-order valence-electron chi connectivity index (χ2n) is 8.20. The molecule has 1 unspecified atom stereocenters. The number of nitrogens with zero attached hydrogens (tertiary/aromatic N) is 1. The predicted molar refractivity (Wildman–Crippen MR) is 133 cm³/mol. The molecule has 3 aromatic carbocycles. The summed E-state index contributed by atoms with van der Waals surface area (Å²) in [5.41, 5.74) is 1.34. The van der Waals surface area contributed by atoms with Crippen molar-refractivity contribution < 1.29 is 33.6 Å². The standard InChI is InChI=1S/C28H25NO7/c1-3-34-19-11-8-17(9-12-19)26(30)24-25(20-6-4-5-7-21(20)33-2)29(28(32)27(24)31)18-10-13-22-23(16-18)36-15-14-35-22/h4-13,16,25,30H,3,14-15H2,1-2H3/b26-24+. The first-order valence-corrected chi connectivity index (χ1v) is 11.6. The van der Waals surface area contributed by atoms with Crippen LogP contribution in [-0.2, 0) is 9.59 Å². The minimum Gasteiger partial charge on any atom is -0.507 e. The molecule has 3 aromatic rings. The van der Waals surface area contributed by atoms with Crippen LogP contribution in [0.25, 0.3) is 5.76 Å². The van der Waals surface area contributed by atoms with Crippen LogP contribution in [0.5, 0.6) is 23.0 Å². The fourth-order valence-corrected chi connectivity index (χ4v) is 4.50. The van der Waals surface area contributed by atoms with Gasteiger partial charge in [-0.1, -0.05) is 18.2 Å². The van der Waals surface area contributed by atoms with E-state index in [-0.39, 0.29) is 11.3 Å². The number of anilines is 1. The lowest BCUT2D eigenvalue weighted by Crippen LogP contribution is -2.30. The number of carbonyl (C=O) groups is 2. The molecule has 2 heterocycles. The van der Waals surface area contributed by atoms with Gasteiger partial charge in [0.15, 0.2) is 11.5 Å². The Bertz CT molecular complexity index is 1350. The molecule has 1 saturated heterocycles. The third kappa shape index (κ3) is 4.00. The van der Waals surface area contributed by atoms with Crippen LogP contribution in [-0.4, -0.2) is 43.7 Å². The number of carbonyl (C=O) groups excluding carboxylic acids is 2. The van der Waals surface area contributed by atoms with E-state index in [0.717, 1.165) is 0 Å². The molecule has 1 atom stereocenters. The Hall–Kier alpha value is -4.46.